The molecule has 0 amide bonds. The van der Waals surface area contributed by atoms with Crippen LogP contribution in [0.25, 0.3) is 0 Å². The summed E-state index contributed by atoms with van der Waals surface area (Å²) in [5.74, 6) is 0. The number of aryl methyl sites for hydroxylation is 1. The molecule has 1 aliphatic heterocycles. The maximum Gasteiger partial charge on any atom is 0.0830 e. The zero-order chi connectivity index (χ0) is 13.2. The third kappa shape index (κ3) is 2.55. The van der Waals surface area contributed by atoms with Crippen molar-refractivity contribution in [3.8, 4) is 0 Å². The average Bonchev–Trinajstić information content (AvgIpc) is 2.88. The number of benzene rings is 2. The molecule has 1 heterocycles. The minimum Gasteiger partial charge on any atom is -0.388 e. The van der Waals surface area contributed by atoms with E-state index in [2.05, 4.69) is 31.2 Å². The van der Waals surface area contributed by atoms with E-state index >= 15 is 0 Å². The van der Waals surface area contributed by atoms with Crippen molar-refractivity contribution in [2.45, 2.75) is 32.7 Å². The molecule has 0 spiro atoms. The van der Waals surface area contributed by atoms with E-state index in [0.29, 0.717) is 19.6 Å². The van der Waals surface area contributed by atoms with E-state index < -0.39 is 6.10 Å². The molecule has 2 aromatic carbocycles. The monoisotopic (exact) mass is 254 g/mol. The van der Waals surface area contributed by atoms with Crippen LogP contribution in [-0.4, -0.2) is 5.11 Å². The zero-order valence-corrected chi connectivity index (χ0v) is 11.1. The number of fused-ring (bicyclic) bond motifs is 1. The van der Waals surface area contributed by atoms with E-state index in [1.807, 2.05) is 18.2 Å². The Balaban J connectivity index is 1.81. The van der Waals surface area contributed by atoms with E-state index in [-0.39, 0.29) is 0 Å². The summed E-state index contributed by atoms with van der Waals surface area (Å²) >= 11 is 0. The van der Waals surface area contributed by atoms with Gasteiger partial charge in [-0.15, -0.1) is 0 Å². The van der Waals surface area contributed by atoms with Gasteiger partial charge in [0.15, 0.2) is 0 Å². The molecule has 0 saturated heterocycles. The molecule has 0 bridgehead atoms. The Morgan fingerprint density at radius 3 is 2.74 bits per heavy atom. The molecule has 1 atom stereocenters. The highest BCUT2D eigenvalue weighted by molar-refractivity contribution is 5.35. The largest absolute Gasteiger partial charge is 0.388 e. The van der Waals surface area contributed by atoms with Crippen molar-refractivity contribution in [2.24, 2.45) is 0 Å². The predicted molar refractivity (Wildman–Crippen MR) is 74.8 cm³/mol. The summed E-state index contributed by atoms with van der Waals surface area (Å²) in [4.78, 5) is 0. The summed E-state index contributed by atoms with van der Waals surface area (Å²) in [7, 11) is 0. The molecular weight excluding hydrogens is 236 g/mol. The number of aliphatic hydroxyl groups is 1. The van der Waals surface area contributed by atoms with Crippen LogP contribution in [0.3, 0.4) is 0 Å². The summed E-state index contributed by atoms with van der Waals surface area (Å²) in [6.45, 7) is 3.45. The van der Waals surface area contributed by atoms with Crippen LogP contribution in [0.15, 0.2) is 42.5 Å². The van der Waals surface area contributed by atoms with Gasteiger partial charge in [-0.2, -0.15) is 0 Å². The quantitative estimate of drug-likeness (QED) is 0.910. The topological polar surface area (TPSA) is 29.5 Å². The SMILES string of the molecule is Cc1ccccc1CC(O)c1ccc2c(c1)COC2. The van der Waals surface area contributed by atoms with Crippen molar-refractivity contribution in [3.63, 3.8) is 0 Å². The van der Waals surface area contributed by atoms with Crippen LogP contribution in [0, 0.1) is 6.92 Å². The number of ether oxygens (including phenoxy) is 1. The lowest BCUT2D eigenvalue weighted by atomic mass is 9.96. The van der Waals surface area contributed by atoms with E-state index in [1.54, 1.807) is 0 Å². The van der Waals surface area contributed by atoms with Crippen LogP contribution < -0.4 is 0 Å². The number of rotatable bonds is 3. The lowest BCUT2D eigenvalue weighted by molar-refractivity contribution is 0.134. The normalized spacial score (nSPS) is 15.3. The Kier molecular flexibility index (Phi) is 3.36. The molecule has 0 fully saturated rings. The predicted octanol–water partition coefficient (Wildman–Crippen LogP) is 3.30. The third-order valence-electron chi connectivity index (χ3n) is 3.80. The van der Waals surface area contributed by atoms with Gasteiger partial charge in [0.25, 0.3) is 0 Å². The molecule has 1 unspecified atom stereocenters. The van der Waals surface area contributed by atoms with Gasteiger partial charge in [-0.05, 0) is 34.7 Å². The van der Waals surface area contributed by atoms with Crippen LogP contribution in [0.1, 0.15) is 33.9 Å². The second-order valence-electron chi connectivity index (χ2n) is 5.17. The van der Waals surface area contributed by atoms with Crippen molar-refractivity contribution in [1.29, 1.82) is 0 Å². The van der Waals surface area contributed by atoms with E-state index in [1.165, 1.54) is 22.3 Å². The van der Waals surface area contributed by atoms with Gasteiger partial charge in [-0.3, -0.25) is 0 Å². The van der Waals surface area contributed by atoms with Gasteiger partial charge < -0.3 is 9.84 Å². The molecule has 2 heteroatoms. The van der Waals surface area contributed by atoms with Crippen LogP contribution >= 0.6 is 0 Å². The van der Waals surface area contributed by atoms with Gasteiger partial charge >= 0.3 is 0 Å². The summed E-state index contributed by atoms with van der Waals surface area (Å²) in [6, 6.07) is 14.4. The Hall–Kier alpha value is -1.64. The fourth-order valence-corrected chi connectivity index (χ4v) is 2.56. The Morgan fingerprint density at radius 1 is 1.11 bits per heavy atom. The standard InChI is InChI=1S/C17H18O2/c1-12-4-2-3-5-13(12)9-17(18)14-6-7-15-10-19-11-16(15)8-14/h2-8,17-18H,9-11H2,1H3. The van der Waals surface area contributed by atoms with Gasteiger partial charge in [-0.25, -0.2) is 0 Å². The first kappa shape index (κ1) is 12.4. The first-order chi connectivity index (χ1) is 9.24. The van der Waals surface area contributed by atoms with Crippen molar-refractivity contribution in [1.82, 2.24) is 0 Å². The van der Waals surface area contributed by atoms with Crippen LogP contribution in [0.2, 0.25) is 0 Å². The van der Waals surface area contributed by atoms with Gasteiger partial charge in [0.1, 0.15) is 0 Å². The zero-order valence-electron chi connectivity index (χ0n) is 11.1. The van der Waals surface area contributed by atoms with Crippen molar-refractivity contribution >= 4 is 0 Å². The molecule has 2 nitrogen and oxygen atoms in total. The molecule has 3 rings (SSSR count). The van der Waals surface area contributed by atoms with Gasteiger partial charge in [0, 0.05) is 6.42 Å². The highest BCUT2D eigenvalue weighted by Gasteiger charge is 2.15. The van der Waals surface area contributed by atoms with Crippen LogP contribution in [-0.2, 0) is 24.4 Å². The molecule has 0 aliphatic carbocycles. The lowest BCUT2D eigenvalue weighted by Gasteiger charge is -2.14. The molecule has 0 radical (unpaired) electrons. The number of hydrogen-bond acceptors (Lipinski definition) is 2. The van der Waals surface area contributed by atoms with E-state index in [0.717, 1.165) is 5.56 Å². The molecule has 2 aromatic rings. The fourth-order valence-electron chi connectivity index (χ4n) is 2.56. The molecule has 1 N–H and O–H groups in total. The molecule has 0 saturated carbocycles. The van der Waals surface area contributed by atoms with E-state index in [9.17, 15) is 5.11 Å². The second-order valence-corrected chi connectivity index (χ2v) is 5.17. The fraction of sp³-hybridized carbons (Fsp3) is 0.294. The Morgan fingerprint density at radius 2 is 1.89 bits per heavy atom. The van der Waals surface area contributed by atoms with Crippen molar-refractivity contribution in [3.05, 3.63) is 70.3 Å². The molecular formula is C17H18O2. The molecule has 0 aromatic heterocycles. The minimum absolute atomic E-state index is 0.452. The maximum atomic E-state index is 10.4. The molecule has 19 heavy (non-hydrogen) atoms. The number of aliphatic hydroxyl groups excluding tert-OH is 1. The highest BCUT2D eigenvalue weighted by Crippen LogP contribution is 2.26. The first-order valence-corrected chi connectivity index (χ1v) is 6.66. The Bertz CT molecular complexity index is 590. The maximum absolute atomic E-state index is 10.4. The first-order valence-electron chi connectivity index (χ1n) is 6.66. The average molecular weight is 254 g/mol. The third-order valence-corrected chi connectivity index (χ3v) is 3.80. The Labute approximate surface area is 113 Å². The van der Waals surface area contributed by atoms with Gasteiger partial charge in [0.05, 0.1) is 19.3 Å². The molecule has 1 aliphatic rings. The van der Waals surface area contributed by atoms with Crippen molar-refractivity contribution in [2.75, 3.05) is 0 Å². The van der Waals surface area contributed by atoms with Crippen molar-refractivity contribution < 1.29 is 9.84 Å². The summed E-state index contributed by atoms with van der Waals surface area (Å²) < 4.78 is 5.41. The molecule has 98 valence electrons. The van der Waals surface area contributed by atoms with Crippen LogP contribution in [0.5, 0.6) is 0 Å². The van der Waals surface area contributed by atoms with E-state index in [4.69, 9.17) is 4.74 Å². The summed E-state index contributed by atoms with van der Waals surface area (Å²) in [5.41, 5.74) is 5.86. The smallest absolute Gasteiger partial charge is 0.0830 e. The lowest BCUT2D eigenvalue weighted by Crippen LogP contribution is -2.04. The van der Waals surface area contributed by atoms with Gasteiger partial charge in [0.2, 0.25) is 0 Å². The highest BCUT2D eigenvalue weighted by atomic mass is 16.5. The summed E-state index contributed by atoms with van der Waals surface area (Å²) in [5, 5.41) is 10.4. The van der Waals surface area contributed by atoms with Crippen LogP contribution in [0.4, 0.5) is 0 Å². The minimum atomic E-state index is -0.452. The summed E-state index contributed by atoms with van der Waals surface area (Å²) in [6.07, 6.45) is 0.207. The second kappa shape index (κ2) is 5.16. The number of hydrogen-bond donors (Lipinski definition) is 1. The van der Waals surface area contributed by atoms with Gasteiger partial charge in [-0.1, -0.05) is 42.5 Å².